The molecule has 0 saturated heterocycles. The first kappa shape index (κ1) is 12.8. The van der Waals surface area contributed by atoms with Crippen LogP contribution in [-0.2, 0) is 5.41 Å². The highest BCUT2D eigenvalue weighted by Gasteiger charge is 2.24. The molecule has 0 bridgehead atoms. The molecule has 0 aliphatic carbocycles. The topological polar surface area (TPSA) is 70.5 Å². The second kappa shape index (κ2) is 5.18. The van der Waals surface area contributed by atoms with E-state index >= 15 is 0 Å². The number of nitrogens with two attached hydrogens (primary N) is 2. The van der Waals surface area contributed by atoms with Crippen LogP contribution in [0.25, 0.3) is 0 Å². The Bertz CT molecular complexity index is 351. The van der Waals surface area contributed by atoms with Gasteiger partial charge in [-0.15, -0.1) is 0 Å². The van der Waals surface area contributed by atoms with Crippen molar-refractivity contribution in [3.63, 3.8) is 0 Å². The molecule has 4 heteroatoms. The van der Waals surface area contributed by atoms with Crippen molar-refractivity contribution < 1.29 is 9.68 Å². The van der Waals surface area contributed by atoms with Crippen molar-refractivity contribution in [3.05, 3.63) is 23.8 Å². The predicted molar refractivity (Wildman–Crippen MR) is 64.0 cm³/mol. The maximum atomic E-state index is 5.27. The molecule has 0 aliphatic heterocycles. The minimum Gasteiger partial charge on any atom is -0.411 e. The van der Waals surface area contributed by atoms with Gasteiger partial charge in [0.25, 0.3) is 0 Å². The van der Waals surface area contributed by atoms with Crippen molar-refractivity contribution in [1.82, 2.24) is 0 Å². The van der Waals surface area contributed by atoms with Gasteiger partial charge in [-0.25, -0.2) is 0 Å². The van der Waals surface area contributed by atoms with E-state index in [-0.39, 0.29) is 5.41 Å². The lowest BCUT2D eigenvalue weighted by atomic mass is 9.80. The molecule has 0 saturated carbocycles. The molecule has 0 unspecified atom stereocenters. The van der Waals surface area contributed by atoms with Crippen molar-refractivity contribution in [2.24, 2.45) is 11.8 Å². The SMILES string of the molecule is CCCC(C)(C)c1ccc(ON)cc1ON. The van der Waals surface area contributed by atoms with E-state index in [1.807, 2.05) is 12.1 Å². The fourth-order valence-corrected chi connectivity index (χ4v) is 1.99. The summed E-state index contributed by atoms with van der Waals surface area (Å²) < 4.78 is 0. The smallest absolute Gasteiger partial charge is 0.154 e. The van der Waals surface area contributed by atoms with Gasteiger partial charge < -0.3 is 9.68 Å². The summed E-state index contributed by atoms with van der Waals surface area (Å²) in [7, 11) is 0. The van der Waals surface area contributed by atoms with Crippen LogP contribution in [0.1, 0.15) is 39.2 Å². The van der Waals surface area contributed by atoms with Crippen LogP contribution < -0.4 is 21.5 Å². The normalized spacial score (nSPS) is 11.3. The molecule has 4 nitrogen and oxygen atoms in total. The molecule has 0 aromatic heterocycles. The molecule has 4 N–H and O–H groups in total. The van der Waals surface area contributed by atoms with Gasteiger partial charge in [0.15, 0.2) is 11.5 Å². The summed E-state index contributed by atoms with van der Waals surface area (Å²) in [4.78, 5) is 9.53. The summed E-state index contributed by atoms with van der Waals surface area (Å²) in [6.07, 6.45) is 2.17. The van der Waals surface area contributed by atoms with Crippen LogP contribution in [0.15, 0.2) is 18.2 Å². The molecule has 0 radical (unpaired) electrons. The molecule has 16 heavy (non-hydrogen) atoms. The maximum absolute atomic E-state index is 5.27. The van der Waals surface area contributed by atoms with Gasteiger partial charge in [-0.3, -0.25) is 0 Å². The Morgan fingerprint density at radius 3 is 2.38 bits per heavy atom. The van der Waals surface area contributed by atoms with Crippen LogP contribution in [0.3, 0.4) is 0 Å². The van der Waals surface area contributed by atoms with Gasteiger partial charge in [-0.2, -0.15) is 11.8 Å². The quantitative estimate of drug-likeness (QED) is 0.753. The van der Waals surface area contributed by atoms with Crippen molar-refractivity contribution in [3.8, 4) is 11.5 Å². The largest absolute Gasteiger partial charge is 0.411 e. The molecule has 0 fully saturated rings. The molecule has 1 rings (SSSR count). The van der Waals surface area contributed by atoms with Crippen molar-refractivity contribution in [2.75, 3.05) is 0 Å². The Kier molecular flexibility index (Phi) is 4.15. The fourth-order valence-electron chi connectivity index (χ4n) is 1.99. The summed E-state index contributed by atoms with van der Waals surface area (Å²) in [5.74, 6) is 11.5. The lowest BCUT2D eigenvalue weighted by Crippen LogP contribution is -2.19. The summed E-state index contributed by atoms with van der Waals surface area (Å²) in [6, 6.07) is 5.46. The number of hydrogen-bond donors (Lipinski definition) is 2. The first-order valence-electron chi connectivity index (χ1n) is 5.43. The van der Waals surface area contributed by atoms with Crippen LogP contribution in [0.5, 0.6) is 11.5 Å². The van der Waals surface area contributed by atoms with Gasteiger partial charge in [-0.05, 0) is 17.9 Å². The van der Waals surface area contributed by atoms with Gasteiger partial charge in [0.1, 0.15) is 0 Å². The summed E-state index contributed by atoms with van der Waals surface area (Å²) in [5.41, 5.74) is 1.09. The molecule has 0 amide bonds. The zero-order valence-electron chi connectivity index (χ0n) is 10.1. The molecular weight excluding hydrogens is 204 g/mol. The molecule has 0 atom stereocenters. The molecule has 0 spiro atoms. The van der Waals surface area contributed by atoms with E-state index < -0.39 is 0 Å². The Morgan fingerprint density at radius 1 is 1.19 bits per heavy atom. The lowest BCUT2D eigenvalue weighted by molar-refractivity contribution is 0.306. The van der Waals surface area contributed by atoms with E-state index in [4.69, 9.17) is 16.6 Å². The minimum atomic E-state index is 0.0244. The van der Waals surface area contributed by atoms with E-state index in [0.29, 0.717) is 11.5 Å². The van der Waals surface area contributed by atoms with Gasteiger partial charge in [0.2, 0.25) is 0 Å². The summed E-state index contributed by atoms with van der Waals surface area (Å²) in [5, 5.41) is 0. The lowest BCUT2D eigenvalue weighted by Gasteiger charge is -2.26. The number of benzene rings is 1. The summed E-state index contributed by atoms with van der Waals surface area (Å²) >= 11 is 0. The van der Waals surface area contributed by atoms with Crippen LogP contribution in [0.2, 0.25) is 0 Å². The first-order chi connectivity index (χ1) is 7.55. The zero-order valence-corrected chi connectivity index (χ0v) is 10.1. The molecule has 0 heterocycles. The van der Waals surface area contributed by atoms with E-state index in [2.05, 4.69) is 25.6 Å². The Morgan fingerprint density at radius 2 is 1.88 bits per heavy atom. The predicted octanol–water partition coefficient (Wildman–Crippen LogP) is 2.27. The van der Waals surface area contributed by atoms with Crippen molar-refractivity contribution in [2.45, 2.75) is 39.0 Å². The third kappa shape index (κ3) is 2.65. The van der Waals surface area contributed by atoms with Crippen LogP contribution in [0.4, 0.5) is 0 Å². The highest BCUT2D eigenvalue weighted by molar-refractivity contribution is 5.44. The minimum absolute atomic E-state index is 0.0244. The Labute approximate surface area is 96.4 Å². The van der Waals surface area contributed by atoms with Gasteiger partial charge in [-0.1, -0.05) is 33.3 Å². The highest BCUT2D eigenvalue weighted by Crippen LogP contribution is 2.36. The first-order valence-corrected chi connectivity index (χ1v) is 5.43. The number of rotatable bonds is 5. The van der Waals surface area contributed by atoms with E-state index in [1.165, 1.54) is 0 Å². The molecule has 90 valence electrons. The van der Waals surface area contributed by atoms with Gasteiger partial charge in [0, 0.05) is 11.6 Å². The van der Waals surface area contributed by atoms with Crippen LogP contribution >= 0.6 is 0 Å². The van der Waals surface area contributed by atoms with E-state index in [0.717, 1.165) is 18.4 Å². The standard InChI is InChI=1S/C12H20N2O2/c1-4-7-12(2,3)10-6-5-9(15-13)8-11(10)16-14/h5-6,8H,4,7,13-14H2,1-3H3. The van der Waals surface area contributed by atoms with Crippen LogP contribution in [0, 0.1) is 0 Å². The van der Waals surface area contributed by atoms with Crippen LogP contribution in [-0.4, -0.2) is 0 Å². The zero-order chi connectivity index (χ0) is 12.2. The van der Waals surface area contributed by atoms with Gasteiger partial charge in [0.05, 0.1) is 0 Å². The number of hydrogen-bond acceptors (Lipinski definition) is 4. The molecule has 1 aromatic carbocycles. The second-order valence-corrected chi connectivity index (χ2v) is 4.53. The maximum Gasteiger partial charge on any atom is 0.154 e. The molecular formula is C12H20N2O2. The van der Waals surface area contributed by atoms with E-state index in [1.54, 1.807) is 6.07 Å². The average molecular weight is 224 g/mol. The van der Waals surface area contributed by atoms with Gasteiger partial charge >= 0.3 is 0 Å². The summed E-state index contributed by atoms with van der Waals surface area (Å²) in [6.45, 7) is 6.48. The average Bonchev–Trinajstić information content (AvgIpc) is 2.28. The third-order valence-corrected chi connectivity index (χ3v) is 2.82. The highest BCUT2D eigenvalue weighted by atomic mass is 16.6. The molecule has 1 aromatic rings. The molecule has 0 aliphatic rings. The van der Waals surface area contributed by atoms with Crippen molar-refractivity contribution in [1.29, 1.82) is 0 Å². The monoisotopic (exact) mass is 224 g/mol. The van der Waals surface area contributed by atoms with E-state index in [9.17, 15) is 0 Å². The fraction of sp³-hybridized carbons (Fsp3) is 0.500. The second-order valence-electron chi connectivity index (χ2n) is 4.53. The Hall–Kier alpha value is -1.26. The van der Waals surface area contributed by atoms with Crippen molar-refractivity contribution >= 4 is 0 Å². The third-order valence-electron chi connectivity index (χ3n) is 2.82. The Balaban J connectivity index is 3.12.